The van der Waals surface area contributed by atoms with Gasteiger partial charge in [0.1, 0.15) is 5.82 Å². The Bertz CT molecular complexity index is 405. The second kappa shape index (κ2) is 5.06. The molecule has 0 radical (unpaired) electrons. The summed E-state index contributed by atoms with van der Waals surface area (Å²) in [4.78, 5) is 30.8. The predicted molar refractivity (Wildman–Crippen MR) is 54.9 cm³/mol. The fraction of sp³-hybridized carbons (Fsp3) is 0.333. The van der Waals surface area contributed by atoms with Gasteiger partial charge >= 0.3 is 12.0 Å². The molecule has 0 aliphatic carbocycles. The zero-order valence-electron chi connectivity index (χ0n) is 8.97. The lowest BCUT2D eigenvalue weighted by Crippen LogP contribution is -2.34. The maximum Gasteiger partial charge on any atom is 0.354 e. The minimum absolute atomic E-state index is 0.0934. The van der Waals surface area contributed by atoms with Crippen molar-refractivity contribution in [2.24, 2.45) is 0 Å². The van der Waals surface area contributed by atoms with Crippen molar-refractivity contribution in [3.8, 4) is 0 Å². The molecule has 1 heterocycles. The molecule has 2 N–H and O–H groups in total. The topological polar surface area (TPSA) is 95.4 Å². The summed E-state index contributed by atoms with van der Waals surface area (Å²) >= 11 is 0. The Hall–Kier alpha value is -2.18. The Balaban J connectivity index is 2.64. The van der Waals surface area contributed by atoms with Gasteiger partial charge in [-0.1, -0.05) is 0 Å². The molecule has 0 bridgehead atoms. The van der Waals surface area contributed by atoms with Gasteiger partial charge in [-0.15, -0.1) is 0 Å². The maximum absolute atomic E-state index is 11.2. The quantitative estimate of drug-likeness (QED) is 0.750. The molecule has 2 amide bonds. The fourth-order valence-corrected chi connectivity index (χ4v) is 0.916. The minimum atomic E-state index is -1.12. The molecule has 7 heteroatoms. The van der Waals surface area contributed by atoms with Crippen molar-refractivity contribution in [1.82, 2.24) is 20.2 Å². The summed E-state index contributed by atoms with van der Waals surface area (Å²) in [6.07, 6.45) is 1.34. The number of rotatable bonds is 3. The number of carbonyl (C=O) groups excluding carboxylic acids is 1. The van der Waals surface area contributed by atoms with Crippen LogP contribution in [0.1, 0.15) is 16.3 Å². The van der Waals surface area contributed by atoms with Gasteiger partial charge in [0.25, 0.3) is 0 Å². The van der Waals surface area contributed by atoms with Gasteiger partial charge in [0.2, 0.25) is 0 Å². The van der Waals surface area contributed by atoms with E-state index in [-0.39, 0.29) is 24.1 Å². The van der Waals surface area contributed by atoms with E-state index in [1.807, 2.05) is 0 Å². The second-order valence-electron chi connectivity index (χ2n) is 3.22. The third kappa shape index (κ3) is 3.19. The fourth-order valence-electron chi connectivity index (χ4n) is 0.916. The molecule has 0 fully saturated rings. The second-order valence-corrected chi connectivity index (χ2v) is 3.22. The summed E-state index contributed by atoms with van der Waals surface area (Å²) in [5.74, 6) is -0.863. The average molecular weight is 224 g/mol. The molecule has 16 heavy (non-hydrogen) atoms. The van der Waals surface area contributed by atoms with Crippen LogP contribution in [0, 0.1) is 0 Å². The first-order valence-corrected chi connectivity index (χ1v) is 4.51. The van der Waals surface area contributed by atoms with Crippen LogP contribution < -0.4 is 5.32 Å². The van der Waals surface area contributed by atoms with E-state index in [0.29, 0.717) is 0 Å². The van der Waals surface area contributed by atoms with Crippen LogP contribution in [-0.2, 0) is 6.54 Å². The third-order valence-corrected chi connectivity index (χ3v) is 1.73. The zero-order chi connectivity index (χ0) is 12.1. The molecule has 0 spiro atoms. The highest BCUT2D eigenvalue weighted by atomic mass is 16.4. The van der Waals surface area contributed by atoms with Gasteiger partial charge < -0.3 is 15.3 Å². The number of hydrogen-bond donors (Lipinski definition) is 2. The van der Waals surface area contributed by atoms with E-state index in [9.17, 15) is 9.59 Å². The van der Waals surface area contributed by atoms with Gasteiger partial charge in [0.05, 0.1) is 6.54 Å². The number of aromatic nitrogens is 2. The molecule has 0 aromatic carbocycles. The van der Waals surface area contributed by atoms with Gasteiger partial charge in [-0.05, 0) is 6.07 Å². The van der Waals surface area contributed by atoms with Crippen LogP contribution >= 0.6 is 0 Å². The SMILES string of the molecule is CN(C)C(=O)NCc1nccc(C(=O)O)n1. The van der Waals surface area contributed by atoms with E-state index in [1.165, 1.54) is 17.2 Å². The smallest absolute Gasteiger partial charge is 0.354 e. The van der Waals surface area contributed by atoms with Gasteiger partial charge in [-0.2, -0.15) is 0 Å². The lowest BCUT2D eigenvalue weighted by Gasteiger charge is -2.11. The lowest BCUT2D eigenvalue weighted by atomic mass is 10.4. The molecule has 1 aromatic heterocycles. The third-order valence-electron chi connectivity index (χ3n) is 1.73. The number of urea groups is 1. The number of hydrogen-bond acceptors (Lipinski definition) is 4. The van der Waals surface area contributed by atoms with Crippen molar-refractivity contribution in [2.45, 2.75) is 6.54 Å². The number of carbonyl (C=O) groups is 2. The number of carboxylic acid groups (broad SMARTS) is 1. The summed E-state index contributed by atoms with van der Waals surface area (Å²) in [6.45, 7) is 0.0954. The highest BCUT2D eigenvalue weighted by Crippen LogP contribution is 1.95. The summed E-state index contributed by atoms with van der Waals surface area (Å²) in [7, 11) is 3.20. The van der Waals surface area contributed by atoms with Crippen molar-refractivity contribution < 1.29 is 14.7 Å². The molecule has 1 aromatic rings. The zero-order valence-corrected chi connectivity index (χ0v) is 8.97. The van der Waals surface area contributed by atoms with Gasteiger partial charge in [0, 0.05) is 20.3 Å². The van der Waals surface area contributed by atoms with Crippen LogP contribution in [-0.4, -0.2) is 46.1 Å². The van der Waals surface area contributed by atoms with Crippen molar-refractivity contribution in [2.75, 3.05) is 14.1 Å². The summed E-state index contributed by atoms with van der Waals surface area (Å²) < 4.78 is 0. The molecule has 0 atom stereocenters. The first-order chi connectivity index (χ1) is 7.50. The highest BCUT2D eigenvalue weighted by Gasteiger charge is 2.07. The molecule has 1 rings (SSSR count). The van der Waals surface area contributed by atoms with Crippen LogP contribution in [0.5, 0.6) is 0 Å². The normalized spacial score (nSPS) is 9.62. The van der Waals surface area contributed by atoms with E-state index >= 15 is 0 Å². The van der Waals surface area contributed by atoms with Crippen molar-refractivity contribution in [3.63, 3.8) is 0 Å². The van der Waals surface area contributed by atoms with Crippen molar-refractivity contribution in [3.05, 3.63) is 23.8 Å². The van der Waals surface area contributed by atoms with Gasteiger partial charge in [-0.25, -0.2) is 19.6 Å². The molecule has 0 unspecified atom stereocenters. The minimum Gasteiger partial charge on any atom is -0.477 e. The largest absolute Gasteiger partial charge is 0.477 e. The van der Waals surface area contributed by atoms with Crippen LogP contribution in [0.4, 0.5) is 4.79 Å². The molecular formula is C9H12N4O3. The monoisotopic (exact) mass is 224 g/mol. The highest BCUT2D eigenvalue weighted by molar-refractivity contribution is 5.85. The first kappa shape index (κ1) is 11.9. The summed E-state index contributed by atoms with van der Waals surface area (Å²) in [6, 6.07) is 1.00. The molecule has 0 aliphatic rings. The van der Waals surface area contributed by atoms with E-state index in [0.717, 1.165) is 0 Å². The van der Waals surface area contributed by atoms with Crippen LogP contribution in [0.2, 0.25) is 0 Å². The number of aromatic carboxylic acids is 1. The Morgan fingerprint density at radius 1 is 1.50 bits per heavy atom. The van der Waals surface area contributed by atoms with E-state index in [2.05, 4.69) is 15.3 Å². The maximum atomic E-state index is 11.2. The van der Waals surface area contributed by atoms with Crippen LogP contribution in [0.15, 0.2) is 12.3 Å². The molecule has 86 valence electrons. The molecule has 0 saturated carbocycles. The number of nitrogens with zero attached hydrogens (tertiary/aromatic N) is 3. The number of nitrogens with one attached hydrogen (secondary N) is 1. The average Bonchev–Trinajstić information content (AvgIpc) is 2.26. The Morgan fingerprint density at radius 2 is 2.19 bits per heavy atom. The number of carboxylic acids is 1. The van der Waals surface area contributed by atoms with E-state index < -0.39 is 5.97 Å². The van der Waals surface area contributed by atoms with E-state index in [1.54, 1.807) is 14.1 Å². The Labute approximate surface area is 92.1 Å². The molecular weight excluding hydrogens is 212 g/mol. The van der Waals surface area contributed by atoms with Crippen molar-refractivity contribution >= 4 is 12.0 Å². The van der Waals surface area contributed by atoms with Crippen LogP contribution in [0.25, 0.3) is 0 Å². The number of amides is 2. The van der Waals surface area contributed by atoms with Crippen molar-refractivity contribution in [1.29, 1.82) is 0 Å². The summed E-state index contributed by atoms with van der Waals surface area (Å²) in [5.41, 5.74) is -0.0934. The summed E-state index contributed by atoms with van der Waals surface area (Å²) in [5, 5.41) is 11.2. The Morgan fingerprint density at radius 3 is 2.75 bits per heavy atom. The Kier molecular flexibility index (Phi) is 3.76. The molecule has 0 saturated heterocycles. The van der Waals surface area contributed by atoms with Crippen LogP contribution in [0.3, 0.4) is 0 Å². The molecule has 7 nitrogen and oxygen atoms in total. The van der Waals surface area contributed by atoms with Gasteiger partial charge in [0.15, 0.2) is 5.69 Å². The molecule has 0 aliphatic heterocycles. The predicted octanol–water partition coefficient (Wildman–Crippen LogP) is -0.0540. The van der Waals surface area contributed by atoms with E-state index in [4.69, 9.17) is 5.11 Å². The first-order valence-electron chi connectivity index (χ1n) is 4.51. The van der Waals surface area contributed by atoms with Gasteiger partial charge in [-0.3, -0.25) is 0 Å². The standard InChI is InChI=1S/C9H12N4O3/c1-13(2)9(16)11-5-7-10-4-3-6(12-7)8(14)15/h3-4H,5H2,1-2H3,(H,11,16)(H,14,15). The lowest BCUT2D eigenvalue weighted by molar-refractivity contribution is 0.0690.